The van der Waals surface area contributed by atoms with Crippen LogP contribution in [0.15, 0.2) is 0 Å². The Labute approximate surface area is 145 Å². The van der Waals surface area contributed by atoms with E-state index in [0.717, 1.165) is 38.5 Å². The van der Waals surface area contributed by atoms with Crippen molar-refractivity contribution in [2.75, 3.05) is 0 Å². The topological polar surface area (TPSA) is 27.7 Å². The molecule has 0 unspecified atom stereocenters. The van der Waals surface area contributed by atoms with Crippen LogP contribution in [0.1, 0.15) is 101 Å². The summed E-state index contributed by atoms with van der Waals surface area (Å²) in [6, 6.07) is 0. The van der Waals surface area contributed by atoms with Crippen molar-refractivity contribution < 1.29 is 10.6 Å². The second-order valence-corrected chi connectivity index (χ2v) is 9.81. The average Bonchev–Trinajstić information content (AvgIpc) is 2.54. The quantitative estimate of drug-likeness (QED) is 0.407. The summed E-state index contributed by atoms with van der Waals surface area (Å²) in [6.45, 7) is 19.6. The molecule has 0 saturated heterocycles. The van der Waals surface area contributed by atoms with Gasteiger partial charge in [0.15, 0.2) is 0 Å². The Bertz CT molecular complexity index is 247. The van der Waals surface area contributed by atoms with E-state index in [4.69, 9.17) is 10.6 Å². The van der Waals surface area contributed by atoms with Crippen LogP contribution in [0, 0.1) is 0 Å². The molecule has 0 aromatic carbocycles. The van der Waals surface area contributed by atoms with Crippen LogP contribution in [0.3, 0.4) is 0 Å². The Kier molecular flexibility index (Phi) is 9.95. The third-order valence-corrected chi connectivity index (χ3v) is 10.4. The van der Waals surface area contributed by atoms with E-state index in [1.165, 1.54) is 0 Å². The fraction of sp³-hybridized carbons (Fsp3) is 1.00. The number of hydrogen-bond acceptors (Lipinski definition) is 3. The van der Waals surface area contributed by atoms with Gasteiger partial charge in [0.25, 0.3) is 0 Å². The van der Waals surface area contributed by atoms with Gasteiger partial charge in [0.1, 0.15) is 0 Å². The summed E-state index contributed by atoms with van der Waals surface area (Å²) in [4.78, 5) is 0. The van der Waals surface area contributed by atoms with Crippen LogP contribution in [-0.4, -0.2) is 34.1 Å². The molecule has 0 bridgehead atoms. The molecular weight excluding hydrogens is 334 g/mol. The zero-order chi connectivity index (χ0) is 17.4. The molecule has 0 aliphatic rings. The van der Waals surface area contributed by atoms with Crippen LogP contribution in [0.25, 0.3) is 0 Å². The molecule has 22 heavy (non-hydrogen) atoms. The zero-order valence-corrected chi connectivity index (χ0v) is 19.0. The van der Waals surface area contributed by atoms with Gasteiger partial charge in [0.05, 0.1) is 0 Å². The van der Waals surface area contributed by atoms with Crippen molar-refractivity contribution in [2.24, 2.45) is 0 Å². The summed E-state index contributed by atoms with van der Waals surface area (Å²) in [5, 5.41) is 0. The van der Waals surface area contributed by atoms with Crippen molar-refractivity contribution in [1.82, 2.24) is 0 Å². The Balaban J connectivity index is 5.22. The molecule has 0 aliphatic carbocycles. The maximum atomic E-state index is 6.48. The molecule has 0 saturated carbocycles. The van der Waals surface area contributed by atoms with E-state index < -0.39 is 17.3 Å². The molecule has 0 rings (SSSR count). The summed E-state index contributed by atoms with van der Waals surface area (Å²) in [5.41, 5.74) is -0.389. The molecule has 0 radical (unpaired) electrons. The molecule has 0 aliphatic heterocycles. The van der Waals surface area contributed by atoms with Gasteiger partial charge in [0, 0.05) is 0 Å². The third-order valence-electron chi connectivity index (χ3n) is 5.63. The van der Waals surface area contributed by atoms with Gasteiger partial charge in [-0.2, -0.15) is 0 Å². The molecule has 0 heterocycles. The SMILES string of the molecule is CCC(C)(CC)[O][Ga]([O]C(C)(CC)CC)[O]C(C)(CC)CC. The van der Waals surface area contributed by atoms with E-state index >= 15 is 0 Å². The fourth-order valence-corrected chi connectivity index (χ4v) is 7.34. The van der Waals surface area contributed by atoms with E-state index in [2.05, 4.69) is 62.3 Å². The van der Waals surface area contributed by atoms with Crippen molar-refractivity contribution in [3.05, 3.63) is 0 Å². The summed E-state index contributed by atoms with van der Waals surface area (Å²) in [6.07, 6.45) is 5.93. The molecular formula is C18H39GaO3. The van der Waals surface area contributed by atoms with Crippen molar-refractivity contribution >= 4 is 17.3 Å². The van der Waals surface area contributed by atoms with Gasteiger partial charge in [-0.15, -0.1) is 0 Å². The van der Waals surface area contributed by atoms with Crippen LogP contribution in [-0.2, 0) is 10.6 Å². The van der Waals surface area contributed by atoms with Gasteiger partial charge in [-0.3, -0.25) is 0 Å². The van der Waals surface area contributed by atoms with Gasteiger partial charge in [-0.25, -0.2) is 0 Å². The predicted octanol–water partition coefficient (Wildman–Crippen LogP) is 5.76. The summed E-state index contributed by atoms with van der Waals surface area (Å²) >= 11 is -2.78. The van der Waals surface area contributed by atoms with Gasteiger partial charge in [-0.1, -0.05) is 0 Å². The van der Waals surface area contributed by atoms with E-state index in [1.54, 1.807) is 0 Å². The summed E-state index contributed by atoms with van der Waals surface area (Å²) in [7, 11) is 0. The van der Waals surface area contributed by atoms with Crippen molar-refractivity contribution in [1.29, 1.82) is 0 Å². The van der Waals surface area contributed by atoms with Crippen molar-refractivity contribution in [2.45, 2.75) is 118 Å². The zero-order valence-electron chi connectivity index (χ0n) is 16.5. The first-order valence-electron chi connectivity index (χ1n) is 9.18. The second kappa shape index (κ2) is 9.73. The molecule has 132 valence electrons. The molecule has 0 atom stereocenters. The van der Waals surface area contributed by atoms with E-state index in [0.29, 0.717) is 0 Å². The van der Waals surface area contributed by atoms with E-state index in [-0.39, 0.29) is 16.8 Å². The van der Waals surface area contributed by atoms with Crippen LogP contribution < -0.4 is 0 Å². The maximum absolute atomic E-state index is 6.48. The fourth-order valence-electron chi connectivity index (χ4n) is 2.02. The third kappa shape index (κ3) is 6.96. The molecule has 3 nitrogen and oxygen atoms in total. The minimum absolute atomic E-state index is 0.130. The Hall–Kier alpha value is 0.516. The molecule has 0 aromatic rings. The first-order chi connectivity index (χ1) is 10.1. The van der Waals surface area contributed by atoms with E-state index in [9.17, 15) is 0 Å². The van der Waals surface area contributed by atoms with Gasteiger partial charge >= 0.3 is 146 Å². The molecule has 0 aromatic heterocycles. The first-order valence-corrected chi connectivity index (χ1v) is 12.2. The molecule has 4 heteroatoms. The molecule has 0 fully saturated rings. The van der Waals surface area contributed by atoms with E-state index in [1.807, 2.05) is 0 Å². The van der Waals surface area contributed by atoms with Crippen LogP contribution in [0.5, 0.6) is 0 Å². The Morgan fingerprint density at radius 3 is 0.818 bits per heavy atom. The molecule has 0 amide bonds. The molecule has 0 spiro atoms. The van der Waals surface area contributed by atoms with Crippen LogP contribution in [0.2, 0.25) is 0 Å². The van der Waals surface area contributed by atoms with Gasteiger partial charge in [0.2, 0.25) is 0 Å². The standard InChI is InChI=1S/3C6H13O.Ga/c3*1-4-6(3,7)5-2;/h3*4-5H2,1-3H3;/q3*-1;+3. The predicted molar refractivity (Wildman–Crippen MR) is 96.0 cm³/mol. The molecule has 0 N–H and O–H groups in total. The number of rotatable bonds is 12. The van der Waals surface area contributed by atoms with Crippen molar-refractivity contribution in [3.8, 4) is 0 Å². The monoisotopic (exact) mass is 372 g/mol. The second-order valence-electron chi connectivity index (χ2n) is 7.11. The van der Waals surface area contributed by atoms with Crippen LogP contribution >= 0.6 is 0 Å². The summed E-state index contributed by atoms with van der Waals surface area (Å²) in [5.74, 6) is 0. The minimum atomic E-state index is -2.78. The van der Waals surface area contributed by atoms with Crippen molar-refractivity contribution in [3.63, 3.8) is 0 Å². The first kappa shape index (κ1) is 22.5. The van der Waals surface area contributed by atoms with Crippen LogP contribution in [0.4, 0.5) is 0 Å². The average molecular weight is 373 g/mol. The van der Waals surface area contributed by atoms with Gasteiger partial charge < -0.3 is 0 Å². The Morgan fingerprint density at radius 1 is 0.500 bits per heavy atom. The van der Waals surface area contributed by atoms with Gasteiger partial charge in [-0.05, 0) is 0 Å². The number of hydrogen-bond donors (Lipinski definition) is 0. The summed E-state index contributed by atoms with van der Waals surface area (Å²) < 4.78 is 19.4. The normalized spacial score (nSPS) is 13.5. The Morgan fingerprint density at radius 2 is 0.682 bits per heavy atom.